The van der Waals surface area contributed by atoms with Crippen LogP contribution in [0.25, 0.3) is 28.0 Å². The van der Waals surface area contributed by atoms with Gasteiger partial charge in [-0.1, -0.05) is 32.0 Å². The van der Waals surface area contributed by atoms with Crippen molar-refractivity contribution >= 4 is 34.3 Å². The van der Waals surface area contributed by atoms with Crippen molar-refractivity contribution in [3.05, 3.63) is 70.2 Å². The summed E-state index contributed by atoms with van der Waals surface area (Å²) in [5, 5.41) is 1.55. The van der Waals surface area contributed by atoms with Crippen LogP contribution < -0.4 is 11.3 Å². The largest absolute Gasteiger partial charge is 0.387 e. The molecule has 0 bridgehead atoms. The van der Waals surface area contributed by atoms with E-state index in [9.17, 15) is 9.59 Å². The first-order chi connectivity index (χ1) is 17.4. The minimum Gasteiger partial charge on any atom is -0.387 e. The maximum absolute atomic E-state index is 13.2. The number of nitrogens with zero attached hydrogens (tertiary/aromatic N) is 3. The number of amides is 1. The van der Waals surface area contributed by atoms with E-state index in [4.69, 9.17) is 10.5 Å². The molecule has 0 saturated heterocycles. The number of aromatic nitrogens is 1. The van der Waals surface area contributed by atoms with Crippen LogP contribution in [0.4, 0.5) is 5.69 Å². The highest BCUT2D eigenvalue weighted by atomic mass is 16.5. The molecule has 4 rings (SSSR count). The summed E-state index contributed by atoms with van der Waals surface area (Å²) >= 11 is 0. The number of ether oxygens (including phenoxy) is 1. The Hall–Kier alpha value is -3.71. The summed E-state index contributed by atoms with van der Waals surface area (Å²) in [6.07, 6.45) is 5.88. The average molecular weight is 487 g/mol. The van der Waals surface area contributed by atoms with E-state index in [0.717, 1.165) is 53.7 Å². The normalized spacial score (nSPS) is 13.1. The molecule has 0 atom stereocenters. The number of carbonyl (C=O) groups is 1. The van der Waals surface area contributed by atoms with Crippen molar-refractivity contribution in [2.45, 2.75) is 39.7 Å². The summed E-state index contributed by atoms with van der Waals surface area (Å²) in [4.78, 5) is 32.6. The van der Waals surface area contributed by atoms with Gasteiger partial charge in [0.05, 0.1) is 12.3 Å². The Morgan fingerprint density at radius 2 is 1.81 bits per heavy atom. The summed E-state index contributed by atoms with van der Waals surface area (Å²) in [6, 6.07) is 13.8. The molecule has 3 aromatic rings. The molecule has 1 aliphatic heterocycles. The molecule has 7 nitrogen and oxygen atoms in total. The van der Waals surface area contributed by atoms with E-state index in [2.05, 4.69) is 18.8 Å². The van der Waals surface area contributed by atoms with Crippen molar-refractivity contribution in [1.82, 2.24) is 9.47 Å². The van der Waals surface area contributed by atoms with Crippen molar-refractivity contribution in [2.75, 3.05) is 26.8 Å². The fourth-order valence-electron chi connectivity index (χ4n) is 4.60. The molecule has 1 aliphatic rings. The molecular formula is C29H34N4O3. The second kappa shape index (κ2) is 11.4. The van der Waals surface area contributed by atoms with Gasteiger partial charge in [-0.15, -0.1) is 0 Å². The minimum absolute atomic E-state index is 0.0273. The molecule has 1 amide bonds. The van der Waals surface area contributed by atoms with E-state index in [1.165, 1.54) is 0 Å². The third-order valence-corrected chi connectivity index (χ3v) is 6.39. The number of hydrogen-bond acceptors (Lipinski definition) is 5. The van der Waals surface area contributed by atoms with Gasteiger partial charge in [0.25, 0.3) is 5.56 Å². The summed E-state index contributed by atoms with van der Waals surface area (Å²) in [5.41, 5.74) is 10.4. The molecule has 36 heavy (non-hydrogen) atoms. The number of aliphatic imine (C=N–C) groups is 1. The fourth-order valence-corrected chi connectivity index (χ4v) is 4.60. The molecule has 7 heteroatoms. The lowest BCUT2D eigenvalue weighted by Crippen LogP contribution is -2.34. The maximum atomic E-state index is 13.2. The first-order valence-corrected chi connectivity index (χ1v) is 12.5. The maximum Gasteiger partial charge on any atom is 0.258 e. The zero-order valence-electron chi connectivity index (χ0n) is 21.3. The topological polar surface area (TPSA) is 89.9 Å². The molecule has 188 valence electrons. The Morgan fingerprint density at radius 3 is 2.53 bits per heavy atom. The average Bonchev–Trinajstić information content (AvgIpc) is 3.05. The number of hydrogen-bond donors (Lipinski definition) is 1. The number of nitrogens with two attached hydrogens (primary N) is 1. The molecule has 0 radical (unpaired) electrons. The van der Waals surface area contributed by atoms with E-state index in [1.807, 2.05) is 53.4 Å². The van der Waals surface area contributed by atoms with Crippen LogP contribution in [0.15, 0.2) is 64.0 Å². The SMILES string of the molecule is CCCN(CCC)C(=O)C1=Cc2ccc(-c3ccc4c(=O)n(CCOC)ccc4c3)cc2N=C(N)C1. The van der Waals surface area contributed by atoms with Gasteiger partial charge in [-0.2, -0.15) is 0 Å². The Bertz CT molecular complexity index is 1380. The second-order valence-electron chi connectivity index (χ2n) is 9.12. The van der Waals surface area contributed by atoms with Gasteiger partial charge in [-0.05, 0) is 59.7 Å². The predicted octanol–water partition coefficient (Wildman–Crippen LogP) is 4.74. The van der Waals surface area contributed by atoms with Gasteiger partial charge < -0.3 is 19.9 Å². The van der Waals surface area contributed by atoms with E-state index >= 15 is 0 Å². The molecule has 0 unspecified atom stereocenters. The lowest BCUT2D eigenvalue weighted by atomic mass is 9.99. The molecule has 0 aliphatic carbocycles. The Morgan fingerprint density at radius 1 is 1.08 bits per heavy atom. The number of pyridine rings is 1. The van der Waals surface area contributed by atoms with Crippen molar-refractivity contribution in [3.63, 3.8) is 0 Å². The van der Waals surface area contributed by atoms with Crippen LogP contribution in [0.5, 0.6) is 0 Å². The van der Waals surface area contributed by atoms with Crippen molar-refractivity contribution in [1.29, 1.82) is 0 Å². The van der Waals surface area contributed by atoms with E-state index in [0.29, 0.717) is 36.4 Å². The molecule has 1 aromatic heterocycles. The van der Waals surface area contributed by atoms with Crippen LogP contribution in [0.2, 0.25) is 0 Å². The number of amidine groups is 1. The number of methoxy groups -OCH3 is 1. The predicted molar refractivity (Wildman–Crippen MR) is 147 cm³/mol. The molecule has 0 saturated carbocycles. The van der Waals surface area contributed by atoms with Gasteiger partial charge in [0.15, 0.2) is 0 Å². The first kappa shape index (κ1) is 25.4. The smallest absolute Gasteiger partial charge is 0.258 e. The van der Waals surface area contributed by atoms with Gasteiger partial charge in [0.2, 0.25) is 5.91 Å². The lowest BCUT2D eigenvalue weighted by molar-refractivity contribution is -0.127. The third kappa shape index (κ3) is 5.41. The van der Waals surface area contributed by atoms with Gasteiger partial charge in [-0.3, -0.25) is 9.59 Å². The molecule has 0 fully saturated rings. The summed E-state index contributed by atoms with van der Waals surface area (Å²) in [6.45, 7) is 6.61. The fraction of sp³-hybridized carbons (Fsp3) is 0.345. The van der Waals surface area contributed by atoms with E-state index < -0.39 is 0 Å². The Balaban J connectivity index is 1.68. The zero-order chi connectivity index (χ0) is 25.7. The summed E-state index contributed by atoms with van der Waals surface area (Å²) < 4.78 is 6.77. The summed E-state index contributed by atoms with van der Waals surface area (Å²) in [7, 11) is 1.62. The Kier molecular flexibility index (Phi) is 8.00. The lowest BCUT2D eigenvalue weighted by Gasteiger charge is -2.22. The number of carbonyl (C=O) groups excluding carboxylic acids is 1. The molecular weight excluding hydrogens is 452 g/mol. The first-order valence-electron chi connectivity index (χ1n) is 12.5. The van der Waals surface area contributed by atoms with Crippen LogP contribution >= 0.6 is 0 Å². The molecule has 2 heterocycles. The molecule has 0 spiro atoms. The highest BCUT2D eigenvalue weighted by molar-refractivity contribution is 6.05. The van der Waals surface area contributed by atoms with Gasteiger partial charge in [-0.25, -0.2) is 4.99 Å². The number of benzene rings is 2. The summed E-state index contributed by atoms with van der Waals surface area (Å²) in [5.74, 6) is 0.452. The monoisotopic (exact) mass is 486 g/mol. The zero-order valence-corrected chi connectivity index (χ0v) is 21.3. The van der Waals surface area contributed by atoms with Crippen molar-refractivity contribution in [2.24, 2.45) is 10.7 Å². The van der Waals surface area contributed by atoms with Crippen molar-refractivity contribution in [3.8, 4) is 11.1 Å². The standard InChI is InChI=1S/C29H34N4O3/c1-4-11-32(12-5-2)28(34)24-17-23-7-6-21(18-26(23)31-27(30)19-24)20-8-9-25-22(16-20)10-13-33(29(25)35)14-15-36-3/h6-10,13,16-18H,4-5,11-12,14-15,19H2,1-3H3,(H2,30,31). The van der Waals surface area contributed by atoms with Gasteiger partial charge in [0.1, 0.15) is 5.84 Å². The van der Waals surface area contributed by atoms with Crippen LogP contribution in [0, 0.1) is 0 Å². The minimum atomic E-state index is -0.0297. The Labute approximate surface area is 211 Å². The highest BCUT2D eigenvalue weighted by Crippen LogP contribution is 2.33. The van der Waals surface area contributed by atoms with Crippen molar-refractivity contribution < 1.29 is 9.53 Å². The van der Waals surface area contributed by atoms with E-state index in [1.54, 1.807) is 17.9 Å². The van der Waals surface area contributed by atoms with Gasteiger partial charge in [0, 0.05) is 55.9 Å². The van der Waals surface area contributed by atoms with Crippen LogP contribution in [0.3, 0.4) is 0 Å². The van der Waals surface area contributed by atoms with E-state index in [-0.39, 0.29) is 11.5 Å². The van der Waals surface area contributed by atoms with Crippen LogP contribution in [-0.4, -0.2) is 48.0 Å². The number of fused-ring (bicyclic) bond motifs is 2. The van der Waals surface area contributed by atoms with Crippen LogP contribution in [-0.2, 0) is 16.1 Å². The molecule has 2 aromatic carbocycles. The second-order valence-corrected chi connectivity index (χ2v) is 9.12. The molecule has 2 N–H and O–H groups in total. The third-order valence-electron chi connectivity index (χ3n) is 6.39. The van der Waals surface area contributed by atoms with Gasteiger partial charge >= 0.3 is 0 Å². The highest BCUT2D eigenvalue weighted by Gasteiger charge is 2.21. The number of rotatable bonds is 9. The quantitative estimate of drug-likeness (QED) is 0.473. The van der Waals surface area contributed by atoms with Crippen LogP contribution in [0.1, 0.15) is 38.7 Å².